The molecule has 98 valence electrons. The van der Waals surface area contributed by atoms with Crippen molar-refractivity contribution in [1.82, 2.24) is 4.90 Å². The Morgan fingerprint density at radius 1 is 1.28 bits per heavy atom. The molecule has 0 saturated carbocycles. The van der Waals surface area contributed by atoms with E-state index in [0.717, 1.165) is 13.1 Å². The quantitative estimate of drug-likeness (QED) is 0.743. The minimum atomic E-state index is -0.396. The summed E-state index contributed by atoms with van der Waals surface area (Å²) in [6.07, 6.45) is 0. The molecule has 1 aromatic carbocycles. The molecule has 0 aromatic heterocycles. The highest BCUT2D eigenvalue weighted by Gasteiger charge is 2.20. The van der Waals surface area contributed by atoms with Crippen LogP contribution in [-0.2, 0) is 4.79 Å². The van der Waals surface area contributed by atoms with Crippen molar-refractivity contribution in [2.45, 2.75) is 0 Å². The van der Waals surface area contributed by atoms with Gasteiger partial charge in [-0.3, -0.25) is 9.69 Å². The number of amides is 1. The number of carbonyl (C=O) groups excluding carboxylic acids is 1. The van der Waals surface area contributed by atoms with E-state index in [4.69, 9.17) is 11.5 Å². The molecule has 6 heteroatoms. The Bertz CT molecular complexity index is 444. The molecular formula is C12H17FN4O. The fraction of sp³-hybridized carbons (Fsp3) is 0.417. The average molecular weight is 252 g/mol. The second-order valence-corrected chi connectivity index (χ2v) is 4.40. The molecule has 1 aliphatic rings. The summed E-state index contributed by atoms with van der Waals surface area (Å²) < 4.78 is 13.4. The molecule has 2 rings (SSSR count). The number of nitrogens with two attached hydrogens (primary N) is 2. The molecule has 1 aliphatic heterocycles. The van der Waals surface area contributed by atoms with Crippen LogP contribution in [0.1, 0.15) is 0 Å². The maximum Gasteiger partial charge on any atom is 0.231 e. The minimum Gasteiger partial charge on any atom is -0.395 e. The second-order valence-electron chi connectivity index (χ2n) is 4.40. The van der Waals surface area contributed by atoms with E-state index in [0.29, 0.717) is 18.8 Å². The van der Waals surface area contributed by atoms with Gasteiger partial charge in [-0.05, 0) is 12.1 Å². The maximum atomic E-state index is 13.4. The molecule has 4 N–H and O–H groups in total. The van der Waals surface area contributed by atoms with Gasteiger partial charge in [0.2, 0.25) is 5.91 Å². The van der Waals surface area contributed by atoms with E-state index in [-0.39, 0.29) is 18.1 Å². The van der Waals surface area contributed by atoms with Crippen LogP contribution < -0.4 is 16.4 Å². The first kappa shape index (κ1) is 12.6. The van der Waals surface area contributed by atoms with Crippen molar-refractivity contribution in [3.8, 4) is 0 Å². The van der Waals surface area contributed by atoms with Crippen LogP contribution in [0.2, 0.25) is 0 Å². The van der Waals surface area contributed by atoms with Gasteiger partial charge < -0.3 is 16.4 Å². The molecule has 0 radical (unpaired) electrons. The van der Waals surface area contributed by atoms with Crippen molar-refractivity contribution in [1.29, 1.82) is 0 Å². The molecular weight excluding hydrogens is 235 g/mol. The lowest BCUT2D eigenvalue weighted by molar-refractivity contribution is -0.119. The molecule has 1 saturated heterocycles. The SMILES string of the molecule is NC(=O)CN1CCN(c2cccc(F)c2N)CC1. The summed E-state index contributed by atoms with van der Waals surface area (Å²) in [6, 6.07) is 4.81. The standard InChI is InChI=1S/C12H17FN4O/c13-9-2-1-3-10(12(9)15)17-6-4-16(5-7-17)8-11(14)18/h1-3H,4-8,15H2,(H2,14,18). The van der Waals surface area contributed by atoms with Crippen LogP contribution in [-0.4, -0.2) is 43.5 Å². The normalized spacial score (nSPS) is 16.8. The number of nitrogen functional groups attached to an aromatic ring is 1. The summed E-state index contributed by atoms with van der Waals surface area (Å²) in [4.78, 5) is 14.8. The van der Waals surface area contributed by atoms with Gasteiger partial charge in [-0.25, -0.2) is 4.39 Å². The Hall–Kier alpha value is -1.82. The smallest absolute Gasteiger partial charge is 0.231 e. The van der Waals surface area contributed by atoms with Crippen molar-refractivity contribution in [3.63, 3.8) is 0 Å². The highest BCUT2D eigenvalue weighted by molar-refractivity contribution is 5.76. The number of piperazine rings is 1. The number of para-hydroxylation sites is 1. The number of carbonyl (C=O) groups is 1. The lowest BCUT2D eigenvalue weighted by atomic mass is 10.2. The van der Waals surface area contributed by atoms with Crippen LogP contribution in [0.4, 0.5) is 15.8 Å². The van der Waals surface area contributed by atoms with Crippen LogP contribution in [0.25, 0.3) is 0 Å². The van der Waals surface area contributed by atoms with Gasteiger partial charge in [0.1, 0.15) is 5.82 Å². The molecule has 0 unspecified atom stereocenters. The second kappa shape index (κ2) is 5.22. The average Bonchev–Trinajstić information content (AvgIpc) is 2.33. The number of anilines is 2. The maximum absolute atomic E-state index is 13.4. The van der Waals surface area contributed by atoms with Crippen molar-refractivity contribution >= 4 is 17.3 Å². The fourth-order valence-corrected chi connectivity index (χ4v) is 2.17. The van der Waals surface area contributed by atoms with E-state index in [1.807, 2.05) is 15.9 Å². The first-order valence-electron chi connectivity index (χ1n) is 5.87. The van der Waals surface area contributed by atoms with Gasteiger partial charge in [-0.1, -0.05) is 6.07 Å². The molecule has 18 heavy (non-hydrogen) atoms. The summed E-state index contributed by atoms with van der Waals surface area (Å²) in [5.74, 6) is -0.721. The lowest BCUT2D eigenvalue weighted by Gasteiger charge is -2.36. The van der Waals surface area contributed by atoms with Gasteiger partial charge in [0, 0.05) is 26.2 Å². The minimum absolute atomic E-state index is 0.181. The summed E-state index contributed by atoms with van der Waals surface area (Å²) in [5, 5.41) is 0. The zero-order valence-corrected chi connectivity index (χ0v) is 10.1. The van der Waals surface area contributed by atoms with Gasteiger partial charge in [-0.15, -0.1) is 0 Å². The van der Waals surface area contributed by atoms with Gasteiger partial charge in [0.05, 0.1) is 17.9 Å². The number of primary amides is 1. The van der Waals surface area contributed by atoms with Crippen molar-refractivity contribution in [2.24, 2.45) is 5.73 Å². The molecule has 0 atom stereocenters. The van der Waals surface area contributed by atoms with E-state index < -0.39 is 5.82 Å². The Morgan fingerprint density at radius 3 is 2.56 bits per heavy atom. The number of rotatable bonds is 3. The van der Waals surface area contributed by atoms with Crippen molar-refractivity contribution in [3.05, 3.63) is 24.0 Å². The fourth-order valence-electron chi connectivity index (χ4n) is 2.17. The summed E-state index contributed by atoms with van der Waals surface area (Å²) >= 11 is 0. The van der Waals surface area contributed by atoms with Crippen LogP contribution in [0.15, 0.2) is 18.2 Å². The van der Waals surface area contributed by atoms with Gasteiger partial charge in [0.15, 0.2) is 0 Å². The Labute approximate surface area is 105 Å². The van der Waals surface area contributed by atoms with E-state index in [1.54, 1.807) is 6.07 Å². The van der Waals surface area contributed by atoms with Gasteiger partial charge >= 0.3 is 0 Å². The molecule has 1 amide bonds. The monoisotopic (exact) mass is 252 g/mol. The lowest BCUT2D eigenvalue weighted by Crippen LogP contribution is -2.49. The Morgan fingerprint density at radius 2 is 1.94 bits per heavy atom. The van der Waals surface area contributed by atoms with E-state index in [1.165, 1.54) is 6.07 Å². The molecule has 0 aliphatic carbocycles. The first-order chi connectivity index (χ1) is 8.58. The zero-order chi connectivity index (χ0) is 13.1. The van der Waals surface area contributed by atoms with E-state index in [2.05, 4.69) is 0 Å². The van der Waals surface area contributed by atoms with Gasteiger partial charge in [-0.2, -0.15) is 0 Å². The Balaban J connectivity index is 2.01. The molecule has 0 spiro atoms. The van der Waals surface area contributed by atoms with Crippen molar-refractivity contribution in [2.75, 3.05) is 43.4 Å². The third-order valence-electron chi connectivity index (χ3n) is 3.12. The Kier molecular flexibility index (Phi) is 3.66. The third-order valence-corrected chi connectivity index (χ3v) is 3.12. The summed E-state index contributed by atoms with van der Waals surface area (Å²) in [5.41, 5.74) is 11.8. The topological polar surface area (TPSA) is 75.6 Å². The van der Waals surface area contributed by atoms with Crippen LogP contribution in [0.5, 0.6) is 0 Å². The van der Waals surface area contributed by atoms with E-state index >= 15 is 0 Å². The number of halogens is 1. The number of hydrogen-bond donors (Lipinski definition) is 2. The van der Waals surface area contributed by atoms with Crippen LogP contribution in [0.3, 0.4) is 0 Å². The number of nitrogens with zero attached hydrogens (tertiary/aromatic N) is 2. The van der Waals surface area contributed by atoms with Crippen molar-refractivity contribution < 1.29 is 9.18 Å². The predicted octanol–water partition coefficient (Wildman–Crippen LogP) is 0.0152. The first-order valence-corrected chi connectivity index (χ1v) is 5.87. The molecule has 1 aromatic rings. The molecule has 0 bridgehead atoms. The highest BCUT2D eigenvalue weighted by atomic mass is 19.1. The number of benzene rings is 1. The molecule has 1 heterocycles. The largest absolute Gasteiger partial charge is 0.395 e. The third kappa shape index (κ3) is 2.70. The zero-order valence-electron chi connectivity index (χ0n) is 10.1. The highest BCUT2D eigenvalue weighted by Crippen LogP contribution is 2.26. The van der Waals surface area contributed by atoms with E-state index in [9.17, 15) is 9.18 Å². The summed E-state index contributed by atoms with van der Waals surface area (Å²) in [7, 11) is 0. The van der Waals surface area contributed by atoms with Crippen LogP contribution in [0, 0.1) is 5.82 Å². The predicted molar refractivity (Wildman–Crippen MR) is 68.7 cm³/mol. The molecule has 5 nitrogen and oxygen atoms in total. The van der Waals surface area contributed by atoms with Crippen LogP contribution >= 0.6 is 0 Å². The van der Waals surface area contributed by atoms with Gasteiger partial charge in [0.25, 0.3) is 0 Å². The molecule has 1 fully saturated rings. The summed E-state index contributed by atoms with van der Waals surface area (Å²) in [6.45, 7) is 3.13. The number of hydrogen-bond acceptors (Lipinski definition) is 4.